The van der Waals surface area contributed by atoms with Crippen LogP contribution in [0.3, 0.4) is 0 Å². The van der Waals surface area contributed by atoms with Crippen molar-refractivity contribution in [1.82, 2.24) is 0 Å². The topological polar surface area (TPSA) is 128 Å². The monoisotopic (exact) mass is 839 g/mol. The molecular weight excluding hydrogens is 760 g/mol. The number of fused-ring (bicyclic) bond motifs is 3. The van der Waals surface area contributed by atoms with Crippen LogP contribution in [0.1, 0.15) is 77.7 Å². The van der Waals surface area contributed by atoms with Gasteiger partial charge in [-0.25, -0.2) is 0 Å². The van der Waals surface area contributed by atoms with Crippen LogP contribution in [-0.2, 0) is 56.8 Å². The highest BCUT2D eigenvalue weighted by atomic mass is 16.7. The van der Waals surface area contributed by atoms with E-state index in [1.54, 1.807) is 42.7 Å². The van der Waals surface area contributed by atoms with E-state index in [0.717, 1.165) is 11.1 Å². The van der Waals surface area contributed by atoms with Crippen LogP contribution in [0.2, 0.25) is 0 Å². The van der Waals surface area contributed by atoms with Crippen LogP contribution < -0.4 is 0 Å². The van der Waals surface area contributed by atoms with Gasteiger partial charge in [0.05, 0.1) is 39.6 Å². The lowest BCUT2D eigenvalue weighted by Crippen LogP contribution is -2.32. The SMILES string of the molecule is CC.CC.CC.CCC.CO[C@@H]1CO[C@H]2[C@@H]1OC[C@H]2OC.CO[C@H]1CO[C@H]2[C@@H]1OC[C@@H]2OC.CO[C@H]1CO[C@H]2[C@@H]1OC[C@H]2OC.O=C(c1ccccc1)c1ccccc1. The molecule has 8 rings (SSSR count). The molecule has 0 bridgehead atoms. The highest BCUT2D eigenvalue weighted by Gasteiger charge is 2.50. The minimum absolute atomic E-state index is 0.0694. The lowest BCUT2D eigenvalue weighted by molar-refractivity contribution is -0.0267. The van der Waals surface area contributed by atoms with Gasteiger partial charge in [0.2, 0.25) is 0 Å². The van der Waals surface area contributed by atoms with Gasteiger partial charge in [0, 0.05) is 53.8 Å². The summed E-state index contributed by atoms with van der Waals surface area (Å²) >= 11 is 0. The molecule has 6 aliphatic heterocycles. The standard InChI is InChI=1S/C13H10O.3C8H14O4.C3H8.3C2H6/c14-13(11-7-3-1-4-8-11)12-9-5-2-6-10-12;3*1-9-5-3-11-8-6(10-2)4-12-7(5)8;1-3-2;3*1-2/h1-10H;3*5-8H,3-4H2,1-2H3;3H2,1-2H3;3*1-2H3/t;5-,6+,7-,8-;5-,6-,7+,8+;5-,6-,7-,8-;;;;/m.101..../s1. The molecule has 340 valence electrons. The number of ether oxygens (including phenoxy) is 12. The highest BCUT2D eigenvalue weighted by molar-refractivity contribution is 6.08. The average Bonchev–Trinajstić information content (AvgIpc) is 4.17. The maximum Gasteiger partial charge on any atom is 0.193 e. The van der Waals surface area contributed by atoms with E-state index < -0.39 is 0 Å². The Morgan fingerprint density at radius 1 is 0.407 bits per heavy atom. The fourth-order valence-electron chi connectivity index (χ4n) is 6.85. The Kier molecular flexibility index (Phi) is 30.0. The van der Waals surface area contributed by atoms with Gasteiger partial charge in [-0.15, -0.1) is 0 Å². The number of rotatable bonds is 8. The predicted molar refractivity (Wildman–Crippen MR) is 230 cm³/mol. The summed E-state index contributed by atoms with van der Waals surface area (Å²) in [4.78, 5) is 11.8. The number of methoxy groups -OCH3 is 6. The number of hydrogen-bond acceptors (Lipinski definition) is 13. The van der Waals surface area contributed by atoms with Crippen molar-refractivity contribution in [2.45, 2.75) is 135 Å². The van der Waals surface area contributed by atoms with Crippen molar-refractivity contribution in [3.8, 4) is 0 Å². The third kappa shape index (κ3) is 16.1. The zero-order chi connectivity index (χ0) is 44.2. The van der Waals surface area contributed by atoms with E-state index in [4.69, 9.17) is 56.8 Å². The van der Waals surface area contributed by atoms with Gasteiger partial charge >= 0.3 is 0 Å². The van der Waals surface area contributed by atoms with Gasteiger partial charge < -0.3 is 56.8 Å². The summed E-state index contributed by atoms with van der Waals surface area (Å²) in [6.07, 6.45) is 2.14. The van der Waals surface area contributed by atoms with Crippen molar-refractivity contribution in [2.75, 3.05) is 82.3 Å². The number of carbonyl (C=O) groups is 1. The molecule has 6 heterocycles. The summed E-state index contributed by atoms with van der Waals surface area (Å²) < 4.78 is 64.3. The predicted octanol–water partition coefficient (Wildman–Crippen LogP) is 6.85. The molecule has 0 spiro atoms. The zero-order valence-corrected chi connectivity index (χ0v) is 38.5. The number of benzene rings is 2. The molecule has 0 aliphatic carbocycles. The van der Waals surface area contributed by atoms with Gasteiger partial charge in [0.1, 0.15) is 73.2 Å². The van der Waals surface area contributed by atoms with Crippen LogP contribution in [0, 0.1) is 0 Å². The summed E-state index contributed by atoms with van der Waals surface area (Å²) in [6, 6.07) is 18.6. The molecule has 0 amide bonds. The van der Waals surface area contributed by atoms with Crippen LogP contribution in [0.4, 0.5) is 0 Å². The summed E-state index contributed by atoms with van der Waals surface area (Å²) in [5, 5.41) is 0. The van der Waals surface area contributed by atoms with Crippen molar-refractivity contribution in [3.63, 3.8) is 0 Å². The summed E-state index contributed by atoms with van der Waals surface area (Å²) in [7, 11) is 10.1. The number of carbonyl (C=O) groups excluding carboxylic acids is 1. The second-order valence-corrected chi connectivity index (χ2v) is 13.2. The third-order valence-corrected chi connectivity index (χ3v) is 9.78. The molecule has 2 aromatic rings. The smallest absolute Gasteiger partial charge is 0.193 e. The maximum atomic E-state index is 11.8. The fourth-order valence-corrected chi connectivity index (χ4v) is 6.85. The van der Waals surface area contributed by atoms with E-state index in [2.05, 4.69) is 13.8 Å². The fraction of sp³-hybridized carbons (Fsp3) is 0.717. The molecule has 2 aromatic carbocycles. The first-order valence-electron chi connectivity index (χ1n) is 21.4. The molecule has 6 saturated heterocycles. The lowest BCUT2D eigenvalue weighted by atomic mass is 10.0. The highest BCUT2D eigenvalue weighted by Crippen LogP contribution is 2.31. The van der Waals surface area contributed by atoms with Crippen molar-refractivity contribution in [1.29, 1.82) is 0 Å². The first-order chi connectivity index (χ1) is 28.9. The van der Waals surface area contributed by atoms with Gasteiger partial charge in [0.15, 0.2) is 5.78 Å². The summed E-state index contributed by atoms with van der Waals surface area (Å²) in [5.74, 6) is 0.0752. The molecule has 59 heavy (non-hydrogen) atoms. The Labute approximate surface area is 355 Å². The van der Waals surface area contributed by atoms with E-state index >= 15 is 0 Å². The summed E-state index contributed by atoms with van der Waals surface area (Å²) in [5.41, 5.74) is 1.47. The van der Waals surface area contributed by atoms with Crippen LogP contribution in [0.25, 0.3) is 0 Å². The van der Waals surface area contributed by atoms with Gasteiger partial charge in [-0.1, -0.05) is 122 Å². The second kappa shape index (κ2) is 32.4. The molecular formula is C46H78O13. The summed E-state index contributed by atoms with van der Waals surface area (Å²) in [6.45, 7) is 20.0. The van der Waals surface area contributed by atoms with Crippen LogP contribution >= 0.6 is 0 Å². The average molecular weight is 839 g/mol. The molecule has 6 aliphatic rings. The third-order valence-electron chi connectivity index (χ3n) is 9.78. The largest absolute Gasteiger partial charge is 0.376 e. The second-order valence-electron chi connectivity index (χ2n) is 13.2. The Morgan fingerprint density at radius 2 is 0.576 bits per heavy atom. The molecule has 6 fully saturated rings. The Morgan fingerprint density at radius 3 is 0.729 bits per heavy atom. The maximum absolute atomic E-state index is 11.8. The van der Waals surface area contributed by atoms with Gasteiger partial charge in [0.25, 0.3) is 0 Å². The van der Waals surface area contributed by atoms with E-state index in [1.807, 2.05) is 102 Å². The van der Waals surface area contributed by atoms with Crippen molar-refractivity contribution in [3.05, 3.63) is 71.8 Å². The van der Waals surface area contributed by atoms with E-state index in [-0.39, 0.29) is 79.0 Å². The number of hydrogen-bond donors (Lipinski definition) is 0. The van der Waals surface area contributed by atoms with Gasteiger partial charge in [-0.2, -0.15) is 0 Å². The molecule has 0 saturated carbocycles. The molecule has 0 unspecified atom stereocenters. The first-order valence-corrected chi connectivity index (χ1v) is 21.4. The van der Waals surface area contributed by atoms with Crippen LogP contribution in [0.15, 0.2) is 60.7 Å². The van der Waals surface area contributed by atoms with Crippen LogP contribution in [-0.4, -0.2) is 161 Å². The van der Waals surface area contributed by atoms with E-state index in [1.165, 1.54) is 6.42 Å². The normalized spacial score (nSPS) is 31.3. The minimum atomic E-state index is 0.0694. The zero-order valence-electron chi connectivity index (χ0n) is 38.5. The van der Waals surface area contributed by atoms with Crippen molar-refractivity contribution in [2.24, 2.45) is 0 Å². The molecule has 13 heteroatoms. The van der Waals surface area contributed by atoms with E-state index in [9.17, 15) is 4.79 Å². The van der Waals surface area contributed by atoms with E-state index in [0.29, 0.717) is 39.6 Å². The molecule has 0 radical (unpaired) electrons. The minimum Gasteiger partial charge on any atom is -0.376 e. The van der Waals surface area contributed by atoms with Gasteiger partial charge in [-0.05, 0) is 0 Å². The lowest BCUT2D eigenvalue weighted by Gasteiger charge is -2.14. The van der Waals surface area contributed by atoms with Crippen molar-refractivity contribution >= 4 is 5.78 Å². The van der Waals surface area contributed by atoms with Gasteiger partial charge in [-0.3, -0.25) is 4.79 Å². The Bertz CT molecular complexity index is 1110. The van der Waals surface area contributed by atoms with Crippen molar-refractivity contribution < 1.29 is 61.6 Å². The number of ketones is 1. The molecule has 13 nitrogen and oxygen atoms in total. The molecule has 0 N–H and O–H groups in total. The first kappa shape index (κ1) is 54.6. The molecule has 0 aromatic heterocycles. The molecule has 12 atom stereocenters. The van der Waals surface area contributed by atoms with Crippen LogP contribution in [0.5, 0.6) is 0 Å². The quantitative estimate of drug-likeness (QED) is 0.258. The Hall–Kier alpha value is -2.37. The Balaban J connectivity index is 0.000000369.